The van der Waals surface area contributed by atoms with Crippen LogP contribution in [0.1, 0.15) is 0 Å². The molecule has 0 bridgehead atoms. The molecular weight excluding hydrogens is 270 g/mol. The second kappa shape index (κ2) is 4.51. The lowest BCUT2D eigenvalue weighted by atomic mass is 10.3. The molecule has 3 aromatic rings. The molecular formula is C12H8F2N4S. The van der Waals surface area contributed by atoms with E-state index in [4.69, 9.17) is 5.73 Å². The lowest BCUT2D eigenvalue weighted by molar-refractivity contribution is 0.565. The van der Waals surface area contributed by atoms with Crippen molar-refractivity contribution >= 4 is 23.2 Å². The van der Waals surface area contributed by atoms with Crippen LogP contribution in [0.15, 0.2) is 46.7 Å². The first-order chi connectivity index (χ1) is 9.13. The van der Waals surface area contributed by atoms with Gasteiger partial charge in [0.25, 0.3) is 0 Å². The highest BCUT2D eigenvalue weighted by Crippen LogP contribution is 2.31. The average Bonchev–Trinajstić information content (AvgIpc) is 2.80. The van der Waals surface area contributed by atoms with Gasteiger partial charge >= 0.3 is 0 Å². The topological polar surface area (TPSA) is 56.2 Å². The number of nitrogens with zero attached hydrogens (tertiary/aromatic N) is 3. The Balaban J connectivity index is 2.07. The summed E-state index contributed by atoms with van der Waals surface area (Å²) in [5, 5.41) is 0.468. The number of anilines is 1. The van der Waals surface area contributed by atoms with Crippen molar-refractivity contribution in [1.29, 1.82) is 0 Å². The average molecular weight is 278 g/mol. The van der Waals surface area contributed by atoms with Crippen molar-refractivity contribution in [2.24, 2.45) is 0 Å². The summed E-state index contributed by atoms with van der Waals surface area (Å²) in [4.78, 5) is 8.53. The van der Waals surface area contributed by atoms with E-state index in [0.29, 0.717) is 16.5 Å². The number of imidazole rings is 1. The molecule has 7 heteroatoms. The second-order valence-corrected chi connectivity index (χ2v) is 4.84. The molecule has 0 amide bonds. The summed E-state index contributed by atoms with van der Waals surface area (Å²) in [6.07, 6.45) is 4.94. The fraction of sp³-hybridized carbons (Fsp3) is 0. The number of aromatic nitrogens is 3. The summed E-state index contributed by atoms with van der Waals surface area (Å²) in [6, 6.07) is 3.39. The van der Waals surface area contributed by atoms with Gasteiger partial charge in [0, 0.05) is 23.4 Å². The van der Waals surface area contributed by atoms with Gasteiger partial charge in [-0.25, -0.2) is 18.7 Å². The van der Waals surface area contributed by atoms with Crippen LogP contribution in [0.4, 0.5) is 14.6 Å². The highest BCUT2D eigenvalue weighted by atomic mass is 32.2. The van der Waals surface area contributed by atoms with E-state index in [1.54, 1.807) is 23.0 Å². The summed E-state index contributed by atoms with van der Waals surface area (Å²) >= 11 is 1.06. The molecule has 19 heavy (non-hydrogen) atoms. The molecule has 1 aromatic carbocycles. The smallest absolute Gasteiger partial charge is 0.170 e. The number of halogens is 2. The van der Waals surface area contributed by atoms with E-state index in [0.717, 1.165) is 17.8 Å². The molecule has 96 valence electrons. The molecule has 0 fully saturated rings. The highest BCUT2D eigenvalue weighted by Gasteiger charge is 2.11. The van der Waals surface area contributed by atoms with Crippen LogP contribution >= 0.6 is 11.8 Å². The lowest BCUT2D eigenvalue weighted by Gasteiger charge is -2.05. The van der Waals surface area contributed by atoms with Crippen molar-refractivity contribution in [2.45, 2.75) is 9.92 Å². The fourth-order valence-corrected chi connectivity index (χ4v) is 2.55. The Hall–Kier alpha value is -2.15. The molecule has 2 aromatic heterocycles. The maximum absolute atomic E-state index is 13.6. The first kappa shape index (κ1) is 11.9. The quantitative estimate of drug-likeness (QED) is 0.783. The monoisotopic (exact) mass is 278 g/mol. The summed E-state index contributed by atoms with van der Waals surface area (Å²) in [6.45, 7) is 0. The van der Waals surface area contributed by atoms with E-state index in [1.165, 1.54) is 12.1 Å². The molecule has 0 aliphatic carbocycles. The minimum atomic E-state index is -0.640. The van der Waals surface area contributed by atoms with Crippen molar-refractivity contribution in [3.63, 3.8) is 0 Å². The Morgan fingerprint density at radius 3 is 2.89 bits per heavy atom. The Bertz CT molecular complexity index is 757. The summed E-state index contributed by atoms with van der Waals surface area (Å²) in [7, 11) is 0. The van der Waals surface area contributed by atoms with Gasteiger partial charge in [-0.05, 0) is 12.1 Å². The SMILES string of the molecule is Nc1cn2ccnc2c(Sc2ccc(F)cc2F)n1. The molecule has 0 aliphatic rings. The molecule has 0 saturated heterocycles. The number of nitrogen functional groups attached to an aromatic ring is 1. The van der Waals surface area contributed by atoms with E-state index in [-0.39, 0.29) is 4.90 Å². The molecule has 2 heterocycles. The largest absolute Gasteiger partial charge is 0.382 e. The Morgan fingerprint density at radius 1 is 1.26 bits per heavy atom. The van der Waals surface area contributed by atoms with Crippen LogP contribution in [0, 0.1) is 11.6 Å². The van der Waals surface area contributed by atoms with Crippen molar-refractivity contribution in [2.75, 3.05) is 5.73 Å². The van der Waals surface area contributed by atoms with Gasteiger partial charge in [-0.1, -0.05) is 11.8 Å². The molecule has 0 saturated carbocycles. The van der Waals surface area contributed by atoms with Crippen LogP contribution in [-0.4, -0.2) is 14.4 Å². The fourth-order valence-electron chi connectivity index (χ4n) is 1.65. The minimum Gasteiger partial charge on any atom is -0.382 e. The third-order valence-electron chi connectivity index (χ3n) is 2.46. The summed E-state index contributed by atoms with van der Waals surface area (Å²) < 4.78 is 28.2. The molecule has 4 nitrogen and oxygen atoms in total. The predicted octanol–water partition coefficient (Wildman–Crippen LogP) is 2.74. The van der Waals surface area contributed by atoms with E-state index in [2.05, 4.69) is 9.97 Å². The zero-order valence-corrected chi connectivity index (χ0v) is 10.4. The molecule has 0 aliphatic heterocycles. The van der Waals surface area contributed by atoms with Gasteiger partial charge in [-0.2, -0.15) is 0 Å². The van der Waals surface area contributed by atoms with Crippen LogP contribution in [0.2, 0.25) is 0 Å². The van der Waals surface area contributed by atoms with Crippen LogP contribution in [0.5, 0.6) is 0 Å². The lowest BCUT2D eigenvalue weighted by Crippen LogP contribution is -1.97. The minimum absolute atomic E-state index is 0.268. The van der Waals surface area contributed by atoms with Crippen LogP contribution in [0.25, 0.3) is 5.65 Å². The van der Waals surface area contributed by atoms with Crippen LogP contribution in [-0.2, 0) is 0 Å². The zero-order chi connectivity index (χ0) is 13.4. The number of fused-ring (bicyclic) bond motifs is 1. The maximum Gasteiger partial charge on any atom is 0.170 e. The van der Waals surface area contributed by atoms with Gasteiger partial charge in [0.1, 0.15) is 22.5 Å². The number of rotatable bonds is 2. The number of benzene rings is 1. The molecule has 0 radical (unpaired) electrons. The predicted molar refractivity (Wildman–Crippen MR) is 67.9 cm³/mol. The van der Waals surface area contributed by atoms with Gasteiger partial charge in [0.15, 0.2) is 5.65 Å². The standard InChI is InChI=1S/C12H8F2N4S/c13-7-1-2-9(8(14)5-7)19-12-11-16-3-4-18(11)6-10(15)17-12/h1-6H,15H2. The van der Waals surface area contributed by atoms with Crippen LogP contribution < -0.4 is 5.73 Å². The normalized spacial score (nSPS) is 11.1. The van der Waals surface area contributed by atoms with Crippen molar-refractivity contribution in [3.05, 3.63) is 48.4 Å². The van der Waals surface area contributed by atoms with Gasteiger partial charge in [-0.3, -0.25) is 0 Å². The summed E-state index contributed by atoms with van der Waals surface area (Å²) in [5.41, 5.74) is 6.25. The van der Waals surface area contributed by atoms with Crippen molar-refractivity contribution < 1.29 is 8.78 Å². The number of hydrogen-bond acceptors (Lipinski definition) is 4. The van der Waals surface area contributed by atoms with Gasteiger partial charge in [0.2, 0.25) is 0 Å². The first-order valence-electron chi connectivity index (χ1n) is 5.35. The second-order valence-electron chi connectivity index (χ2n) is 3.81. The zero-order valence-electron chi connectivity index (χ0n) is 9.55. The number of hydrogen-bond donors (Lipinski definition) is 1. The molecule has 3 rings (SSSR count). The molecule has 2 N–H and O–H groups in total. The van der Waals surface area contributed by atoms with E-state index in [9.17, 15) is 8.78 Å². The third-order valence-corrected chi connectivity index (χ3v) is 3.48. The van der Waals surface area contributed by atoms with Crippen molar-refractivity contribution in [3.8, 4) is 0 Å². The van der Waals surface area contributed by atoms with Gasteiger partial charge in [-0.15, -0.1) is 0 Å². The Kier molecular flexibility index (Phi) is 2.83. The first-order valence-corrected chi connectivity index (χ1v) is 6.17. The summed E-state index contributed by atoms with van der Waals surface area (Å²) in [5.74, 6) is -0.956. The number of nitrogens with two attached hydrogens (primary N) is 1. The highest BCUT2D eigenvalue weighted by molar-refractivity contribution is 7.99. The van der Waals surface area contributed by atoms with Crippen molar-refractivity contribution in [1.82, 2.24) is 14.4 Å². The van der Waals surface area contributed by atoms with Gasteiger partial charge in [0.05, 0.1) is 6.20 Å². The van der Waals surface area contributed by atoms with E-state index >= 15 is 0 Å². The van der Waals surface area contributed by atoms with Gasteiger partial charge < -0.3 is 10.1 Å². The van der Waals surface area contributed by atoms with Crippen LogP contribution in [0.3, 0.4) is 0 Å². The van der Waals surface area contributed by atoms with E-state index in [1.807, 2.05) is 0 Å². The Labute approximate surface area is 111 Å². The molecule has 0 spiro atoms. The third kappa shape index (κ3) is 2.24. The molecule has 0 atom stereocenters. The molecule has 0 unspecified atom stereocenters. The Morgan fingerprint density at radius 2 is 2.11 bits per heavy atom. The van der Waals surface area contributed by atoms with E-state index < -0.39 is 11.6 Å². The maximum atomic E-state index is 13.6.